The van der Waals surface area contributed by atoms with Gasteiger partial charge in [0.1, 0.15) is 0 Å². The topological polar surface area (TPSA) is 24.8 Å². The number of likely N-dealkylation sites (tertiary alicyclic amines) is 1. The van der Waals surface area contributed by atoms with Gasteiger partial charge >= 0.3 is 0 Å². The molecule has 31 heavy (non-hydrogen) atoms. The standard InChI is InChI=1S/C27H39N2OP/c1-27(2,3)24-17-15-23(16-18-24)26(28-19-9-5-10-20-28)31(30,25-13-7-4-8-14-25)29-21-11-6-12-22-29/h4,7-8,13-18,26H,5-6,9-12,19-22H2,1-3H3/p+1/t26-,31-/m0/s1. The molecule has 4 heteroatoms. The highest BCUT2D eigenvalue weighted by Crippen LogP contribution is 2.59. The van der Waals surface area contributed by atoms with Crippen LogP contribution in [-0.4, -0.2) is 30.8 Å². The lowest BCUT2D eigenvalue weighted by molar-refractivity contribution is -0.922. The molecule has 4 rings (SSSR count). The van der Waals surface area contributed by atoms with Gasteiger partial charge in [-0.15, -0.1) is 0 Å². The van der Waals surface area contributed by atoms with Crippen LogP contribution in [-0.2, 0) is 9.98 Å². The van der Waals surface area contributed by atoms with Gasteiger partial charge in [-0.1, -0.05) is 69.7 Å². The maximum atomic E-state index is 15.4. The zero-order valence-corrected chi connectivity index (χ0v) is 20.5. The lowest BCUT2D eigenvalue weighted by Crippen LogP contribution is -3.13. The molecule has 2 atom stereocenters. The monoisotopic (exact) mass is 439 g/mol. The third-order valence-corrected chi connectivity index (χ3v) is 10.8. The van der Waals surface area contributed by atoms with Crippen molar-refractivity contribution < 1.29 is 9.46 Å². The number of benzene rings is 2. The van der Waals surface area contributed by atoms with Gasteiger partial charge in [0.15, 0.2) is 5.78 Å². The Labute approximate surface area is 189 Å². The number of nitrogens with zero attached hydrogens (tertiary/aromatic N) is 1. The predicted molar refractivity (Wildman–Crippen MR) is 132 cm³/mol. The van der Waals surface area contributed by atoms with Gasteiger partial charge in [-0.05, 0) is 55.2 Å². The van der Waals surface area contributed by atoms with Gasteiger partial charge in [0.05, 0.1) is 13.1 Å². The lowest BCUT2D eigenvalue weighted by atomic mass is 9.86. The van der Waals surface area contributed by atoms with Crippen molar-refractivity contribution in [3.63, 3.8) is 0 Å². The number of piperidine rings is 2. The number of hydrogen-bond donors (Lipinski definition) is 1. The summed E-state index contributed by atoms with van der Waals surface area (Å²) in [4.78, 5) is 1.52. The van der Waals surface area contributed by atoms with E-state index in [9.17, 15) is 0 Å². The van der Waals surface area contributed by atoms with Crippen LogP contribution in [0.25, 0.3) is 0 Å². The molecule has 0 saturated carbocycles. The van der Waals surface area contributed by atoms with Gasteiger partial charge in [0, 0.05) is 24.0 Å². The Morgan fingerprint density at radius 1 is 0.806 bits per heavy atom. The minimum absolute atomic E-state index is 0.0160. The summed E-state index contributed by atoms with van der Waals surface area (Å²) in [5.74, 6) is 0.0160. The molecular formula is C27H40N2OP+. The van der Waals surface area contributed by atoms with E-state index in [2.05, 4.69) is 74.0 Å². The van der Waals surface area contributed by atoms with Crippen LogP contribution in [0.2, 0.25) is 0 Å². The fraction of sp³-hybridized carbons (Fsp3) is 0.556. The van der Waals surface area contributed by atoms with Crippen LogP contribution in [0.5, 0.6) is 0 Å². The van der Waals surface area contributed by atoms with E-state index in [-0.39, 0.29) is 11.2 Å². The van der Waals surface area contributed by atoms with Crippen LogP contribution < -0.4 is 10.2 Å². The van der Waals surface area contributed by atoms with Crippen molar-refractivity contribution in [2.45, 2.75) is 70.5 Å². The highest BCUT2D eigenvalue weighted by atomic mass is 31.2. The Morgan fingerprint density at radius 3 is 1.97 bits per heavy atom. The third-order valence-electron chi connectivity index (χ3n) is 7.20. The summed E-state index contributed by atoms with van der Waals surface area (Å²) in [5, 5.41) is 1.04. The van der Waals surface area contributed by atoms with Gasteiger partial charge in [-0.3, -0.25) is 4.57 Å². The van der Waals surface area contributed by atoms with Crippen molar-refractivity contribution >= 4 is 12.6 Å². The average Bonchev–Trinajstić information content (AvgIpc) is 2.81. The van der Waals surface area contributed by atoms with Crippen molar-refractivity contribution in [1.82, 2.24) is 4.67 Å². The maximum Gasteiger partial charge on any atom is 0.238 e. The fourth-order valence-electron chi connectivity index (χ4n) is 5.42. The second kappa shape index (κ2) is 9.61. The molecule has 0 bridgehead atoms. The van der Waals surface area contributed by atoms with Crippen molar-refractivity contribution in [3.05, 3.63) is 65.7 Å². The second-order valence-electron chi connectivity index (χ2n) is 10.5. The van der Waals surface area contributed by atoms with Crippen molar-refractivity contribution in [3.8, 4) is 0 Å². The molecule has 2 heterocycles. The minimum atomic E-state index is -2.81. The molecule has 1 N–H and O–H groups in total. The molecule has 0 spiro atoms. The van der Waals surface area contributed by atoms with Crippen LogP contribution in [0.15, 0.2) is 54.6 Å². The molecule has 0 radical (unpaired) electrons. The van der Waals surface area contributed by atoms with Crippen molar-refractivity contribution in [1.29, 1.82) is 0 Å². The molecule has 2 fully saturated rings. The molecular weight excluding hydrogens is 399 g/mol. The fourth-order valence-corrected chi connectivity index (χ4v) is 9.18. The van der Waals surface area contributed by atoms with E-state index in [0.717, 1.165) is 44.3 Å². The maximum absolute atomic E-state index is 15.4. The Hall–Kier alpha value is -1.41. The molecule has 2 saturated heterocycles. The first kappa shape index (κ1) is 22.8. The highest BCUT2D eigenvalue weighted by Gasteiger charge is 2.48. The molecule has 2 aliphatic heterocycles. The number of nitrogens with one attached hydrogen (secondary N) is 1. The molecule has 0 amide bonds. The average molecular weight is 440 g/mol. The van der Waals surface area contributed by atoms with E-state index in [1.807, 2.05) is 6.07 Å². The van der Waals surface area contributed by atoms with Crippen molar-refractivity contribution in [2.24, 2.45) is 0 Å². The van der Waals surface area contributed by atoms with Crippen LogP contribution in [0, 0.1) is 0 Å². The molecule has 0 unspecified atom stereocenters. The van der Waals surface area contributed by atoms with E-state index >= 15 is 4.57 Å². The molecule has 2 aromatic rings. The van der Waals surface area contributed by atoms with E-state index in [1.54, 1.807) is 0 Å². The number of quaternary nitrogens is 1. The van der Waals surface area contributed by atoms with Crippen molar-refractivity contribution in [2.75, 3.05) is 26.2 Å². The highest BCUT2D eigenvalue weighted by molar-refractivity contribution is 7.69. The van der Waals surface area contributed by atoms with Gasteiger partial charge in [0.2, 0.25) is 7.29 Å². The number of hydrogen-bond acceptors (Lipinski definition) is 1. The first-order chi connectivity index (χ1) is 14.9. The van der Waals surface area contributed by atoms with Crippen LogP contribution in [0.3, 0.4) is 0 Å². The van der Waals surface area contributed by atoms with E-state index in [0.29, 0.717) is 0 Å². The van der Waals surface area contributed by atoms with Gasteiger partial charge in [-0.25, -0.2) is 4.67 Å². The summed E-state index contributed by atoms with van der Waals surface area (Å²) in [5.41, 5.74) is 2.72. The SMILES string of the molecule is CC(C)(C)c1ccc([C@@H]([NH+]2CCCCC2)[P@@](=O)(c2ccccc2)N2CCCCC2)cc1. The summed E-state index contributed by atoms with van der Waals surface area (Å²) < 4.78 is 17.7. The zero-order valence-electron chi connectivity index (χ0n) is 19.6. The predicted octanol–water partition coefficient (Wildman–Crippen LogP) is 5.14. The second-order valence-corrected chi connectivity index (χ2v) is 13.3. The smallest absolute Gasteiger partial charge is 0.238 e. The lowest BCUT2D eigenvalue weighted by Gasteiger charge is -2.43. The Balaban J connectivity index is 1.83. The van der Waals surface area contributed by atoms with E-state index in [1.165, 1.54) is 41.7 Å². The number of rotatable bonds is 5. The minimum Gasteiger partial charge on any atom is -0.321 e. The molecule has 2 aromatic carbocycles. The van der Waals surface area contributed by atoms with E-state index in [4.69, 9.17) is 0 Å². The van der Waals surface area contributed by atoms with Crippen LogP contribution in [0.4, 0.5) is 0 Å². The van der Waals surface area contributed by atoms with E-state index < -0.39 is 7.29 Å². The molecule has 0 aliphatic carbocycles. The first-order valence-electron chi connectivity index (χ1n) is 12.3. The summed E-state index contributed by atoms with van der Waals surface area (Å²) in [6.45, 7) is 10.9. The summed E-state index contributed by atoms with van der Waals surface area (Å²) >= 11 is 0. The Bertz CT molecular complexity index is 876. The Kier molecular flexibility index (Phi) is 7.06. The molecule has 3 nitrogen and oxygen atoms in total. The van der Waals surface area contributed by atoms with Gasteiger partial charge in [0.25, 0.3) is 0 Å². The molecule has 168 valence electrons. The van der Waals surface area contributed by atoms with Gasteiger partial charge in [-0.2, -0.15) is 0 Å². The normalized spacial score (nSPS) is 22.0. The first-order valence-corrected chi connectivity index (χ1v) is 14.0. The largest absolute Gasteiger partial charge is 0.321 e. The third kappa shape index (κ3) is 4.85. The van der Waals surface area contributed by atoms with Crippen LogP contribution >= 0.6 is 7.29 Å². The summed E-state index contributed by atoms with van der Waals surface area (Å²) in [6, 6.07) is 19.5. The quantitative estimate of drug-likeness (QED) is 0.653. The molecule has 0 aromatic heterocycles. The molecule has 2 aliphatic rings. The summed E-state index contributed by atoms with van der Waals surface area (Å²) in [6.07, 6.45) is 7.34. The van der Waals surface area contributed by atoms with Crippen LogP contribution in [0.1, 0.15) is 76.2 Å². The van der Waals surface area contributed by atoms with Gasteiger partial charge < -0.3 is 4.90 Å². The zero-order chi connectivity index (χ0) is 21.9. The Morgan fingerprint density at radius 2 is 1.39 bits per heavy atom. The summed E-state index contributed by atoms with van der Waals surface area (Å²) in [7, 11) is -2.81.